The fourth-order valence-electron chi connectivity index (χ4n) is 1.23. The van der Waals surface area contributed by atoms with Crippen LogP contribution in [-0.4, -0.2) is 18.0 Å². The quantitative estimate of drug-likeness (QED) is 0.774. The summed E-state index contributed by atoms with van der Waals surface area (Å²) < 4.78 is 31.1. The van der Waals surface area contributed by atoms with E-state index in [0.717, 1.165) is 12.1 Å². The van der Waals surface area contributed by atoms with Gasteiger partial charge in [0, 0.05) is 6.07 Å². The van der Waals surface area contributed by atoms with Crippen molar-refractivity contribution in [3.05, 3.63) is 23.8 Å². The van der Waals surface area contributed by atoms with Gasteiger partial charge < -0.3 is 9.76 Å². The van der Waals surface area contributed by atoms with Crippen LogP contribution in [0, 0.1) is 11.6 Å². The Morgan fingerprint density at radius 2 is 1.80 bits per heavy atom. The molecule has 0 spiro atoms. The summed E-state index contributed by atoms with van der Waals surface area (Å²) in [6.07, 6.45) is -0.160. The minimum Gasteiger partial charge on any atom is -0.491 e. The summed E-state index contributed by atoms with van der Waals surface area (Å²) in [4.78, 5) is 0. The number of halogens is 2. The van der Waals surface area contributed by atoms with Gasteiger partial charge in [-0.25, -0.2) is 8.78 Å². The van der Waals surface area contributed by atoms with Crippen LogP contribution in [0.4, 0.5) is 8.78 Å². The monoisotopic (exact) mass is 214 g/mol. The molecule has 0 fully saturated rings. The second kappa shape index (κ2) is 4.62. The van der Waals surface area contributed by atoms with Crippen molar-refractivity contribution in [2.75, 3.05) is 0 Å². The average Bonchev–Trinajstić information content (AvgIpc) is 2.09. The normalized spacial score (nSPS) is 10.6. The topological polar surface area (TPSA) is 29.5 Å². The molecule has 0 atom stereocenters. The molecule has 0 aliphatic rings. The van der Waals surface area contributed by atoms with Gasteiger partial charge in [-0.15, -0.1) is 0 Å². The van der Waals surface area contributed by atoms with Gasteiger partial charge in [0.25, 0.3) is 0 Å². The lowest BCUT2D eigenvalue weighted by atomic mass is 9.64. The smallest absolute Gasteiger partial charge is 0.324 e. The summed E-state index contributed by atoms with van der Waals surface area (Å²) in [6.45, 7) is 4.12. The lowest BCUT2D eigenvalue weighted by Gasteiger charge is -2.15. The highest BCUT2D eigenvalue weighted by Gasteiger charge is 2.18. The maximum atomic E-state index is 12.9. The molecule has 15 heavy (non-hydrogen) atoms. The first-order valence-electron chi connectivity index (χ1n) is 4.75. The minimum absolute atomic E-state index is 0.160. The zero-order chi connectivity index (χ0) is 11.6. The summed E-state index contributed by atoms with van der Waals surface area (Å²) in [7, 11) is 0. The average molecular weight is 214 g/mol. The van der Waals surface area contributed by atoms with Crippen LogP contribution in [0.15, 0.2) is 12.1 Å². The molecule has 0 heterocycles. The standard InChI is InChI=1S/C10H13BF2O2/c1-6(2)15-10-5-9(13)8(12)4-7(10)11(3)14/h4-6,14H,1-3H3. The van der Waals surface area contributed by atoms with Crippen LogP contribution < -0.4 is 10.2 Å². The Hall–Kier alpha value is -1.10. The Kier molecular flexibility index (Phi) is 3.69. The van der Waals surface area contributed by atoms with E-state index in [1.54, 1.807) is 13.8 Å². The molecule has 0 unspecified atom stereocenters. The first kappa shape index (κ1) is 12.0. The van der Waals surface area contributed by atoms with E-state index in [1.807, 2.05) is 0 Å². The Bertz CT molecular complexity index is 354. The Morgan fingerprint density at radius 1 is 1.27 bits per heavy atom. The van der Waals surface area contributed by atoms with Crippen LogP contribution in [0.5, 0.6) is 5.75 Å². The van der Waals surface area contributed by atoms with E-state index in [0.29, 0.717) is 0 Å². The van der Waals surface area contributed by atoms with Gasteiger partial charge >= 0.3 is 6.92 Å². The first-order chi connectivity index (χ1) is 6.91. The van der Waals surface area contributed by atoms with Crippen LogP contribution >= 0.6 is 0 Å². The Labute approximate surface area is 88.0 Å². The van der Waals surface area contributed by atoms with E-state index < -0.39 is 18.6 Å². The van der Waals surface area contributed by atoms with Gasteiger partial charge in [-0.2, -0.15) is 0 Å². The van der Waals surface area contributed by atoms with E-state index in [2.05, 4.69) is 0 Å². The lowest BCUT2D eigenvalue weighted by Crippen LogP contribution is -2.30. The molecule has 0 saturated heterocycles. The van der Waals surface area contributed by atoms with E-state index >= 15 is 0 Å². The summed E-state index contributed by atoms with van der Waals surface area (Å²) >= 11 is 0. The molecular weight excluding hydrogens is 201 g/mol. The molecule has 1 N–H and O–H groups in total. The predicted molar refractivity (Wildman–Crippen MR) is 55.6 cm³/mol. The summed E-state index contributed by atoms with van der Waals surface area (Å²) in [5, 5.41) is 9.36. The second-order valence-corrected chi connectivity index (χ2v) is 3.65. The second-order valence-electron chi connectivity index (χ2n) is 3.65. The molecule has 82 valence electrons. The molecule has 1 aromatic rings. The zero-order valence-electron chi connectivity index (χ0n) is 8.92. The van der Waals surface area contributed by atoms with Crippen molar-refractivity contribution in [1.29, 1.82) is 0 Å². The number of benzene rings is 1. The largest absolute Gasteiger partial charge is 0.491 e. The summed E-state index contributed by atoms with van der Waals surface area (Å²) in [6, 6.07) is 1.91. The third-order valence-corrected chi connectivity index (χ3v) is 1.87. The van der Waals surface area contributed by atoms with E-state index in [1.165, 1.54) is 6.82 Å². The molecular formula is C10H13BF2O2. The number of hydrogen-bond donors (Lipinski definition) is 1. The van der Waals surface area contributed by atoms with Crippen molar-refractivity contribution in [3.63, 3.8) is 0 Å². The van der Waals surface area contributed by atoms with Gasteiger partial charge in [0.2, 0.25) is 0 Å². The number of hydrogen-bond acceptors (Lipinski definition) is 2. The van der Waals surface area contributed by atoms with Gasteiger partial charge in [0.1, 0.15) is 5.75 Å². The molecule has 1 aromatic carbocycles. The van der Waals surface area contributed by atoms with Crippen molar-refractivity contribution < 1.29 is 18.5 Å². The molecule has 0 radical (unpaired) electrons. The molecule has 0 saturated carbocycles. The van der Waals surface area contributed by atoms with Gasteiger partial charge in [-0.05, 0) is 25.4 Å². The molecule has 5 heteroatoms. The van der Waals surface area contributed by atoms with Crippen LogP contribution in [0.25, 0.3) is 0 Å². The maximum absolute atomic E-state index is 12.9. The van der Waals surface area contributed by atoms with Gasteiger partial charge in [0.15, 0.2) is 11.6 Å². The predicted octanol–water partition coefficient (Wildman–Crippen LogP) is 1.57. The first-order valence-corrected chi connectivity index (χ1v) is 4.75. The molecule has 0 aliphatic heterocycles. The highest BCUT2D eigenvalue weighted by Crippen LogP contribution is 2.15. The van der Waals surface area contributed by atoms with E-state index in [-0.39, 0.29) is 17.3 Å². The third-order valence-electron chi connectivity index (χ3n) is 1.87. The SMILES string of the molecule is CB(O)c1cc(F)c(F)cc1OC(C)C. The van der Waals surface area contributed by atoms with Crippen LogP contribution in [0.1, 0.15) is 13.8 Å². The van der Waals surface area contributed by atoms with Crippen LogP contribution in [0.2, 0.25) is 6.82 Å². The summed E-state index contributed by atoms with van der Waals surface area (Å²) in [5.74, 6) is -1.78. The van der Waals surface area contributed by atoms with Crippen LogP contribution in [-0.2, 0) is 0 Å². The molecule has 0 bridgehead atoms. The van der Waals surface area contributed by atoms with Gasteiger partial charge in [0.05, 0.1) is 6.10 Å². The zero-order valence-corrected chi connectivity index (χ0v) is 8.92. The third kappa shape index (κ3) is 2.93. The molecule has 0 aromatic heterocycles. The molecule has 1 rings (SSSR count). The Balaban J connectivity index is 3.16. The van der Waals surface area contributed by atoms with Crippen LogP contribution in [0.3, 0.4) is 0 Å². The fraction of sp³-hybridized carbons (Fsp3) is 0.400. The number of ether oxygens (including phenoxy) is 1. The van der Waals surface area contributed by atoms with Gasteiger partial charge in [-0.1, -0.05) is 6.82 Å². The van der Waals surface area contributed by atoms with Crippen molar-refractivity contribution in [2.45, 2.75) is 26.8 Å². The van der Waals surface area contributed by atoms with Crippen molar-refractivity contribution >= 4 is 12.4 Å². The summed E-state index contributed by atoms with van der Waals surface area (Å²) in [5.41, 5.74) is 0.252. The van der Waals surface area contributed by atoms with Crippen molar-refractivity contribution in [2.24, 2.45) is 0 Å². The van der Waals surface area contributed by atoms with Crippen molar-refractivity contribution in [3.8, 4) is 5.75 Å². The minimum atomic E-state index is -0.984. The fourth-order valence-corrected chi connectivity index (χ4v) is 1.23. The highest BCUT2D eigenvalue weighted by molar-refractivity contribution is 6.65. The molecule has 0 amide bonds. The maximum Gasteiger partial charge on any atom is 0.324 e. The van der Waals surface area contributed by atoms with E-state index in [9.17, 15) is 13.8 Å². The number of rotatable bonds is 3. The van der Waals surface area contributed by atoms with E-state index in [4.69, 9.17) is 4.74 Å². The Morgan fingerprint density at radius 3 is 2.27 bits per heavy atom. The highest BCUT2D eigenvalue weighted by atomic mass is 19.2. The van der Waals surface area contributed by atoms with Gasteiger partial charge in [-0.3, -0.25) is 0 Å². The molecule has 0 aliphatic carbocycles. The molecule has 2 nitrogen and oxygen atoms in total. The lowest BCUT2D eigenvalue weighted by molar-refractivity contribution is 0.242. The van der Waals surface area contributed by atoms with Crippen molar-refractivity contribution in [1.82, 2.24) is 0 Å².